The molecule has 0 saturated heterocycles. The Morgan fingerprint density at radius 1 is 1.23 bits per heavy atom. The van der Waals surface area contributed by atoms with E-state index in [4.69, 9.17) is 10.5 Å². The predicted molar refractivity (Wildman–Crippen MR) is 99.9 cm³/mol. The first-order chi connectivity index (χ1) is 14.3. The number of alkyl halides is 3. The molecular formula is C19H17F3N6O2. The normalized spacial score (nSPS) is 13.5. The fraction of sp³-hybridized carbons (Fsp3) is 0.316. The number of carbonyl (C=O) groups excluding carboxylic acids is 1. The van der Waals surface area contributed by atoms with Crippen LogP contribution in [-0.2, 0) is 30.7 Å². The fourth-order valence-corrected chi connectivity index (χ4v) is 3.27. The Morgan fingerprint density at radius 3 is 2.67 bits per heavy atom. The van der Waals surface area contributed by atoms with Gasteiger partial charge in [-0.15, -0.1) is 5.10 Å². The van der Waals surface area contributed by atoms with Gasteiger partial charge in [0.15, 0.2) is 5.69 Å². The van der Waals surface area contributed by atoms with E-state index in [1.54, 1.807) is 13.0 Å². The number of fused-ring (bicyclic) bond motifs is 3. The molecule has 0 aliphatic carbocycles. The van der Waals surface area contributed by atoms with Crippen molar-refractivity contribution in [3.63, 3.8) is 0 Å². The summed E-state index contributed by atoms with van der Waals surface area (Å²) in [5, 5.41) is 7.52. The van der Waals surface area contributed by atoms with Gasteiger partial charge in [0.25, 0.3) is 5.91 Å². The zero-order chi connectivity index (χ0) is 21.5. The molecule has 156 valence electrons. The van der Waals surface area contributed by atoms with Crippen molar-refractivity contribution < 1.29 is 22.7 Å². The molecule has 0 aromatic carbocycles. The summed E-state index contributed by atoms with van der Waals surface area (Å²) in [7, 11) is 0. The van der Waals surface area contributed by atoms with Crippen LogP contribution in [0.5, 0.6) is 0 Å². The molecule has 30 heavy (non-hydrogen) atoms. The molecule has 11 heteroatoms. The second-order valence-corrected chi connectivity index (χ2v) is 6.76. The van der Waals surface area contributed by atoms with Crippen LogP contribution < -0.4 is 5.73 Å². The molecule has 8 nitrogen and oxygen atoms in total. The van der Waals surface area contributed by atoms with Crippen molar-refractivity contribution >= 4 is 22.6 Å². The van der Waals surface area contributed by atoms with E-state index in [9.17, 15) is 18.0 Å². The molecule has 1 aliphatic rings. The molecular weight excluding hydrogens is 401 g/mol. The summed E-state index contributed by atoms with van der Waals surface area (Å²) in [6.07, 6.45) is -3.09. The minimum atomic E-state index is -4.57. The molecule has 3 aromatic heterocycles. The molecule has 1 amide bonds. The molecule has 0 spiro atoms. The van der Waals surface area contributed by atoms with Gasteiger partial charge in [-0.2, -0.15) is 18.3 Å². The summed E-state index contributed by atoms with van der Waals surface area (Å²) in [5.41, 5.74) is 7.54. The number of hydrogen-bond donors (Lipinski definition) is 1. The van der Waals surface area contributed by atoms with Crippen molar-refractivity contribution in [1.82, 2.24) is 25.1 Å². The lowest BCUT2D eigenvalue weighted by Crippen LogP contribution is -2.31. The summed E-state index contributed by atoms with van der Waals surface area (Å²) >= 11 is 0. The first kappa shape index (κ1) is 20.0. The third-order valence-electron chi connectivity index (χ3n) is 4.87. The Balaban J connectivity index is 1.61. The molecule has 4 heterocycles. The average molecular weight is 418 g/mol. The van der Waals surface area contributed by atoms with E-state index in [-0.39, 0.29) is 23.8 Å². The van der Waals surface area contributed by atoms with Crippen molar-refractivity contribution in [3.05, 3.63) is 52.6 Å². The molecule has 3 aromatic rings. The van der Waals surface area contributed by atoms with Crippen LogP contribution >= 0.6 is 0 Å². The highest BCUT2D eigenvalue weighted by Gasteiger charge is 2.33. The van der Waals surface area contributed by atoms with Gasteiger partial charge in [-0.25, -0.2) is 9.97 Å². The number of aromatic nitrogens is 4. The second-order valence-electron chi connectivity index (χ2n) is 6.76. The summed E-state index contributed by atoms with van der Waals surface area (Å²) in [6.45, 7) is 2.80. The number of nitrogen functional groups attached to an aromatic ring is 1. The zero-order valence-corrected chi connectivity index (χ0v) is 15.9. The maximum Gasteiger partial charge on any atom is 0.435 e. The predicted octanol–water partition coefficient (Wildman–Crippen LogP) is 2.71. The van der Waals surface area contributed by atoms with E-state index in [1.807, 2.05) is 0 Å². The van der Waals surface area contributed by atoms with Gasteiger partial charge >= 0.3 is 6.18 Å². The van der Waals surface area contributed by atoms with Crippen LogP contribution in [0, 0.1) is 0 Å². The van der Waals surface area contributed by atoms with Crippen molar-refractivity contribution in [1.29, 1.82) is 0 Å². The van der Waals surface area contributed by atoms with E-state index < -0.39 is 11.9 Å². The number of pyridine rings is 2. The Labute approximate surface area is 168 Å². The first-order valence-electron chi connectivity index (χ1n) is 9.11. The lowest BCUT2D eigenvalue weighted by atomic mass is 10.1. The van der Waals surface area contributed by atoms with Crippen molar-refractivity contribution in [2.45, 2.75) is 32.9 Å². The molecule has 0 atom stereocenters. The molecule has 4 rings (SSSR count). The maximum absolute atomic E-state index is 13.0. The Kier molecular flexibility index (Phi) is 4.98. The number of ether oxygens (including phenoxy) is 1. The SMILES string of the molecule is CCN(Cc1ccc(C(F)(F)F)nn1)C(=O)c1cc2c3c(c(N)nc2cn1)COC3. The van der Waals surface area contributed by atoms with Gasteiger partial charge < -0.3 is 15.4 Å². The van der Waals surface area contributed by atoms with Crippen LogP contribution in [-0.4, -0.2) is 37.5 Å². The topological polar surface area (TPSA) is 107 Å². The van der Waals surface area contributed by atoms with Crippen LogP contribution in [0.25, 0.3) is 10.9 Å². The molecule has 0 fully saturated rings. The number of amides is 1. The highest BCUT2D eigenvalue weighted by molar-refractivity contribution is 5.97. The number of rotatable bonds is 4. The minimum absolute atomic E-state index is 0.00138. The highest BCUT2D eigenvalue weighted by atomic mass is 19.4. The van der Waals surface area contributed by atoms with E-state index in [0.29, 0.717) is 31.1 Å². The summed E-state index contributed by atoms with van der Waals surface area (Å²) in [4.78, 5) is 22.9. The number of carbonyl (C=O) groups is 1. The van der Waals surface area contributed by atoms with Gasteiger partial charge in [0, 0.05) is 17.5 Å². The maximum atomic E-state index is 13.0. The molecule has 0 saturated carbocycles. The lowest BCUT2D eigenvalue weighted by molar-refractivity contribution is -0.141. The van der Waals surface area contributed by atoms with Crippen LogP contribution in [0.3, 0.4) is 0 Å². The number of halogens is 3. The van der Waals surface area contributed by atoms with Gasteiger partial charge in [0.1, 0.15) is 11.5 Å². The number of nitrogens with two attached hydrogens (primary N) is 1. The van der Waals surface area contributed by atoms with Crippen LogP contribution in [0.1, 0.15) is 39.9 Å². The van der Waals surface area contributed by atoms with Gasteiger partial charge in [0.2, 0.25) is 0 Å². The Hall–Kier alpha value is -3.34. The fourth-order valence-electron chi connectivity index (χ4n) is 3.27. The van der Waals surface area contributed by atoms with Gasteiger partial charge in [-0.05, 0) is 30.7 Å². The largest absolute Gasteiger partial charge is 0.435 e. The minimum Gasteiger partial charge on any atom is -0.383 e. The quantitative estimate of drug-likeness (QED) is 0.694. The smallest absolute Gasteiger partial charge is 0.383 e. The average Bonchev–Trinajstić information content (AvgIpc) is 3.22. The van der Waals surface area contributed by atoms with Gasteiger partial charge in [-0.3, -0.25) is 4.79 Å². The van der Waals surface area contributed by atoms with E-state index in [2.05, 4.69) is 20.2 Å². The molecule has 0 radical (unpaired) electrons. The van der Waals surface area contributed by atoms with Crippen molar-refractivity contribution in [2.24, 2.45) is 0 Å². The zero-order valence-electron chi connectivity index (χ0n) is 15.9. The second kappa shape index (κ2) is 7.48. The van der Waals surface area contributed by atoms with Crippen LogP contribution in [0.4, 0.5) is 19.0 Å². The molecule has 1 aliphatic heterocycles. The van der Waals surface area contributed by atoms with Gasteiger partial charge in [0.05, 0.1) is 37.2 Å². The Morgan fingerprint density at radius 2 is 2.00 bits per heavy atom. The summed E-state index contributed by atoms with van der Waals surface area (Å²) in [6, 6.07) is 3.68. The number of anilines is 1. The van der Waals surface area contributed by atoms with Crippen molar-refractivity contribution in [2.75, 3.05) is 12.3 Å². The highest BCUT2D eigenvalue weighted by Crippen LogP contribution is 2.31. The van der Waals surface area contributed by atoms with Crippen LogP contribution in [0.2, 0.25) is 0 Å². The van der Waals surface area contributed by atoms with E-state index in [1.165, 1.54) is 17.2 Å². The standard InChI is InChI=1S/C19H17F3N6O2/c1-2-28(7-10-3-4-16(27-26-10)19(20,21)22)18(29)14-5-11-12-8-30-9-13(12)17(23)25-15(11)6-24-14/h3-6H,2,7-9H2,1H3,(H2,23,25). The third kappa shape index (κ3) is 3.63. The monoisotopic (exact) mass is 418 g/mol. The first-order valence-corrected chi connectivity index (χ1v) is 9.11. The number of hydrogen-bond acceptors (Lipinski definition) is 7. The molecule has 2 N–H and O–H groups in total. The van der Waals surface area contributed by atoms with E-state index >= 15 is 0 Å². The third-order valence-corrected chi connectivity index (χ3v) is 4.87. The Bertz CT molecular complexity index is 1120. The van der Waals surface area contributed by atoms with E-state index in [0.717, 1.165) is 22.6 Å². The molecule has 0 unspecified atom stereocenters. The van der Waals surface area contributed by atoms with Gasteiger partial charge in [-0.1, -0.05) is 0 Å². The summed E-state index contributed by atoms with van der Waals surface area (Å²) in [5.74, 6) is -0.00229. The molecule has 0 bridgehead atoms. The summed E-state index contributed by atoms with van der Waals surface area (Å²) < 4.78 is 43.4. The van der Waals surface area contributed by atoms with Crippen molar-refractivity contribution in [3.8, 4) is 0 Å². The lowest BCUT2D eigenvalue weighted by Gasteiger charge is -2.20. The van der Waals surface area contributed by atoms with Crippen LogP contribution in [0.15, 0.2) is 24.4 Å². The number of nitrogens with zero attached hydrogens (tertiary/aromatic N) is 5.